The molecular formula is C23H31ClN4O4. The second-order valence-electron chi connectivity index (χ2n) is 9.63. The fourth-order valence-corrected chi connectivity index (χ4v) is 4.64. The van der Waals surface area contributed by atoms with Crippen molar-refractivity contribution in [1.82, 2.24) is 14.3 Å². The highest BCUT2D eigenvalue weighted by Gasteiger charge is 2.41. The molecule has 32 heavy (non-hydrogen) atoms. The number of nitrogens with zero attached hydrogens (tertiary/aromatic N) is 4. The Labute approximate surface area is 193 Å². The molecule has 0 spiro atoms. The van der Waals surface area contributed by atoms with Gasteiger partial charge in [-0.1, -0.05) is 11.6 Å². The number of imidazole rings is 1. The van der Waals surface area contributed by atoms with Crippen molar-refractivity contribution in [1.29, 1.82) is 0 Å². The van der Waals surface area contributed by atoms with Crippen LogP contribution in [0.4, 0.5) is 10.6 Å². The number of aryl methyl sites for hydroxylation is 1. The van der Waals surface area contributed by atoms with Gasteiger partial charge in [-0.15, -0.1) is 0 Å². The first kappa shape index (κ1) is 22.7. The van der Waals surface area contributed by atoms with Gasteiger partial charge in [0.1, 0.15) is 17.0 Å². The number of amides is 1. The number of rotatable bonds is 4. The Morgan fingerprint density at radius 3 is 2.34 bits per heavy atom. The molecule has 4 rings (SSSR count). The monoisotopic (exact) mass is 462 g/mol. The van der Waals surface area contributed by atoms with Gasteiger partial charge in [-0.2, -0.15) is 0 Å². The summed E-state index contributed by atoms with van der Waals surface area (Å²) >= 11 is 6.49. The van der Waals surface area contributed by atoms with E-state index in [0.29, 0.717) is 10.7 Å². The maximum atomic E-state index is 12.9. The van der Waals surface area contributed by atoms with Crippen molar-refractivity contribution in [3.63, 3.8) is 0 Å². The van der Waals surface area contributed by atoms with Crippen LogP contribution in [0.15, 0.2) is 12.3 Å². The number of hydrogen-bond donors (Lipinski definition) is 0. The summed E-state index contributed by atoms with van der Waals surface area (Å²) in [5, 5.41) is 0.320. The second-order valence-corrected chi connectivity index (χ2v) is 10.0. The highest BCUT2D eigenvalue weighted by Crippen LogP contribution is 2.35. The van der Waals surface area contributed by atoms with Crippen molar-refractivity contribution >= 4 is 35.1 Å². The molecule has 0 atom stereocenters. The number of carbonyl (C=O) groups excluding carboxylic acids is 2. The molecule has 3 heterocycles. The van der Waals surface area contributed by atoms with E-state index in [0.717, 1.165) is 50.3 Å². The fraction of sp³-hybridized carbons (Fsp3) is 0.609. The topological polar surface area (TPSA) is 76.4 Å². The molecule has 1 saturated carbocycles. The Morgan fingerprint density at radius 1 is 1.16 bits per heavy atom. The third-order valence-electron chi connectivity index (χ3n) is 5.91. The van der Waals surface area contributed by atoms with Crippen LogP contribution in [0.5, 0.6) is 0 Å². The largest absolute Gasteiger partial charge is 0.465 e. The molecular weight excluding hydrogens is 432 g/mol. The molecule has 0 bridgehead atoms. The van der Waals surface area contributed by atoms with Gasteiger partial charge in [0.05, 0.1) is 17.8 Å². The number of methoxy groups -OCH3 is 1. The van der Waals surface area contributed by atoms with Crippen molar-refractivity contribution in [2.75, 3.05) is 25.1 Å². The summed E-state index contributed by atoms with van der Waals surface area (Å²) in [5.41, 5.74) is 1.05. The van der Waals surface area contributed by atoms with Crippen molar-refractivity contribution in [3.8, 4) is 0 Å². The molecule has 2 aromatic rings. The van der Waals surface area contributed by atoms with Crippen molar-refractivity contribution in [2.45, 2.75) is 71.1 Å². The minimum atomic E-state index is -0.506. The molecule has 1 saturated heterocycles. The molecule has 2 aliphatic rings. The lowest BCUT2D eigenvalue weighted by atomic mass is 10.0. The molecule has 0 radical (unpaired) electrons. The summed E-state index contributed by atoms with van der Waals surface area (Å²) in [5.74, 6) is 0.375. The fourth-order valence-electron chi connectivity index (χ4n) is 4.38. The number of esters is 1. The quantitative estimate of drug-likeness (QED) is 0.625. The molecule has 1 aliphatic heterocycles. The average Bonchev–Trinajstić information content (AvgIpc) is 3.46. The van der Waals surface area contributed by atoms with Crippen LogP contribution in [0.2, 0.25) is 5.02 Å². The predicted octanol–water partition coefficient (Wildman–Crippen LogP) is 4.45. The summed E-state index contributed by atoms with van der Waals surface area (Å²) in [4.78, 5) is 33.8. The number of pyridine rings is 1. The lowest BCUT2D eigenvalue weighted by molar-refractivity contribution is 0.0113. The maximum absolute atomic E-state index is 12.9. The van der Waals surface area contributed by atoms with E-state index in [1.165, 1.54) is 7.11 Å². The lowest BCUT2D eigenvalue weighted by Gasteiger charge is -2.40. The number of anilines is 1. The Bertz CT molecular complexity index is 1030. The minimum Gasteiger partial charge on any atom is -0.465 e. The zero-order chi connectivity index (χ0) is 23.2. The van der Waals surface area contributed by atoms with Crippen LogP contribution < -0.4 is 4.90 Å². The molecule has 0 aromatic carbocycles. The molecule has 1 aliphatic carbocycles. The van der Waals surface area contributed by atoms with E-state index in [4.69, 9.17) is 21.1 Å². The first-order chi connectivity index (χ1) is 15.1. The van der Waals surface area contributed by atoms with E-state index >= 15 is 0 Å². The van der Waals surface area contributed by atoms with Crippen molar-refractivity contribution < 1.29 is 19.1 Å². The number of ether oxygens (including phenoxy) is 2. The van der Waals surface area contributed by atoms with E-state index in [9.17, 15) is 9.59 Å². The summed E-state index contributed by atoms with van der Waals surface area (Å²) in [7, 11) is 1.33. The Morgan fingerprint density at radius 2 is 1.78 bits per heavy atom. The second kappa shape index (κ2) is 8.46. The maximum Gasteiger partial charge on any atom is 0.410 e. The summed E-state index contributed by atoms with van der Waals surface area (Å²) in [6.07, 6.45) is 5.44. The molecule has 0 N–H and O–H groups in total. The summed E-state index contributed by atoms with van der Waals surface area (Å²) in [6.45, 7) is 9.11. The van der Waals surface area contributed by atoms with Gasteiger partial charge in [0.2, 0.25) is 0 Å². The van der Waals surface area contributed by atoms with Crippen LogP contribution in [0.1, 0.15) is 62.5 Å². The zero-order valence-corrected chi connectivity index (χ0v) is 20.1. The third kappa shape index (κ3) is 4.51. The van der Waals surface area contributed by atoms with Crippen molar-refractivity contribution in [3.05, 3.63) is 28.5 Å². The normalized spacial score (nSPS) is 17.5. The van der Waals surface area contributed by atoms with E-state index in [2.05, 4.69) is 9.88 Å². The number of aromatic nitrogens is 2. The average molecular weight is 463 g/mol. The Kier molecular flexibility index (Phi) is 6.00. The van der Waals surface area contributed by atoms with E-state index in [1.54, 1.807) is 6.07 Å². The zero-order valence-electron chi connectivity index (χ0n) is 19.4. The van der Waals surface area contributed by atoms with E-state index < -0.39 is 11.6 Å². The van der Waals surface area contributed by atoms with Gasteiger partial charge < -0.3 is 19.3 Å². The van der Waals surface area contributed by atoms with Gasteiger partial charge in [-0.05, 0) is 59.4 Å². The van der Waals surface area contributed by atoms with Gasteiger partial charge in [0.15, 0.2) is 5.65 Å². The predicted molar refractivity (Wildman–Crippen MR) is 123 cm³/mol. The molecule has 9 heteroatoms. The molecule has 2 fully saturated rings. The first-order valence-corrected chi connectivity index (χ1v) is 11.5. The number of carbonyl (C=O) groups is 2. The first-order valence-electron chi connectivity index (χ1n) is 11.1. The van der Waals surface area contributed by atoms with Crippen LogP contribution in [0.25, 0.3) is 5.65 Å². The van der Waals surface area contributed by atoms with Gasteiger partial charge >= 0.3 is 12.1 Å². The van der Waals surface area contributed by atoms with Gasteiger partial charge in [-0.3, -0.25) is 4.40 Å². The van der Waals surface area contributed by atoms with Gasteiger partial charge in [0.25, 0.3) is 0 Å². The third-order valence-corrected chi connectivity index (χ3v) is 6.21. The number of fused-ring (bicyclic) bond motifs is 1. The van der Waals surface area contributed by atoms with Gasteiger partial charge in [-0.25, -0.2) is 14.6 Å². The standard InChI is InChI=1S/C23H31ClN4O4/c1-14-13-27-18(12-17(24)19(20(27)25-14)21(29)31-5)26-10-8-16(9-11-26)28(15-6-7-15)22(30)32-23(2,3)4/h12-13,15-16H,6-11H2,1-5H3. The smallest absolute Gasteiger partial charge is 0.410 e. The minimum absolute atomic E-state index is 0.151. The Hall–Kier alpha value is -2.48. The molecule has 1 amide bonds. The molecule has 0 unspecified atom stereocenters. The number of piperidine rings is 1. The molecule has 174 valence electrons. The SMILES string of the molecule is COC(=O)c1c(Cl)cc(N2CCC(N(C(=O)OC(C)(C)C)C3CC3)CC2)n2cc(C)nc12. The molecule has 2 aromatic heterocycles. The summed E-state index contributed by atoms with van der Waals surface area (Å²) in [6, 6.07) is 2.24. The van der Waals surface area contributed by atoms with Crippen LogP contribution >= 0.6 is 11.6 Å². The molecule has 8 nitrogen and oxygen atoms in total. The Balaban J connectivity index is 1.56. The van der Waals surface area contributed by atoms with Crippen LogP contribution in [0, 0.1) is 6.92 Å². The van der Waals surface area contributed by atoms with Crippen LogP contribution in [0.3, 0.4) is 0 Å². The highest BCUT2D eigenvalue weighted by molar-refractivity contribution is 6.34. The number of halogens is 1. The summed E-state index contributed by atoms with van der Waals surface area (Å²) < 4.78 is 12.5. The highest BCUT2D eigenvalue weighted by atomic mass is 35.5. The van der Waals surface area contributed by atoms with Crippen LogP contribution in [-0.2, 0) is 9.47 Å². The van der Waals surface area contributed by atoms with Crippen LogP contribution in [-0.4, -0.2) is 64.2 Å². The lowest BCUT2D eigenvalue weighted by Crippen LogP contribution is -2.50. The van der Waals surface area contributed by atoms with Crippen molar-refractivity contribution in [2.24, 2.45) is 0 Å². The van der Waals surface area contributed by atoms with E-state index in [1.807, 2.05) is 43.2 Å². The van der Waals surface area contributed by atoms with E-state index in [-0.39, 0.29) is 23.7 Å². The van der Waals surface area contributed by atoms with Gasteiger partial charge in [0, 0.05) is 31.4 Å². The number of hydrogen-bond acceptors (Lipinski definition) is 6.